The number of amides is 2. The third kappa shape index (κ3) is 3.83. The Morgan fingerprint density at radius 1 is 1.32 bits per heavy atom. The monoisotopic (exact) mass is 270 g/mol. The first kappa shape index (κ1) is 14.1. The smallest absolute Gasteiger partial charge is 0.323 e. The van der Waals surface area contributed by atoms with Crippen molar-refractivity contribution in [3.8, 4) is 0 Å². The van der Waals surface area contributed by atoms with Crippen molar-refractivity contribution in [3.63, 3.8) is 0 Å². The fraction of sp³-hybridized carbons (Fsp3) is 0.846. The summed E-state index contributed by atoms with van der Waals surface area (Å²) in [4.78, 5) is 26.5. The van der Waals surface area contributed by atoms with Crippen LogP contribution in [0.25, 0.3) is 0 Å². The largest absolute Gasteiger partial charge is 0.480 e. The number of carbonyl (C=O) groups excluding carboxylic acids is 1. The number of carboxylic acid groups (broad SMARTS) is 1. The fourth-order valence-electron chi connectivity index (χ4n) is 2.44. The van der Waals surface area contributed by atoms with Crippen molar-refractivity contribution in [2.24, 2.45) is 0 Å². The third-order valence-corrected chi connectivity index (χ3v) is 3.64. The minimum atomic E-state index is -0.951. The molecule has 6 heteroatoms. The van der Waals surface area contributed by atoms with Gasteiger partial charge in [-0.3, -0.25) is 4.79 Å². The number of urea groups is 1. The van der Waals surface area contributed by atoms with Crippen LogP contribution >= 0.6 is 0 Å². The zero-order chi connectivity index (χ0) is 13.8. The van der Waals surface area contributed by atoms with Crippen molar-refractivity contribution >= 4 is 12.0 Å². The fourth-order valence-corrected chi connectivity index (χ4v) is 2.44. The molecule has 108 valence electrons. The quantitative estimate of drug-likeness (QED) is 0.786. The van der Waals surface area contributed by atoms with Gasteiger partial charge in [-0.05, 0) is 32.6 Å². The normalized spacial score (nSPS) is 22.3. The molecule has 2 aliphatic rings. The first-order valence-electron chi connectivity index (χ1n) is 7.00. The maximum Gasteiger partial charge on any atom is 0.323 e. The highest BCUT2D eigenvalue weighted by molar-refractivity contribution is 5.80. The molecule has 0 aromatic heterocycles. The highest BCUT2D eigenvalue weighted by Crippen LogP contribution is 2.28. The van der Waals surface area contributed by atoms with Gasteiger partial charge in [0.2, 0.25) is 0 Å². The van der Waals surface area contributed by atoms with Gasteiger partial charge in [0.05, 0.1) is 6.10 Å². The lowest BCUT2D eigenvalue weighted by Crippen LogP contribution is -2.48. The molecular weight excluding hydrogens is 248 g/mol. The summed E-state index contributed by atoms with van der Waals surface area (Å²) in [6.07, 6.45) is 3.95. The number of ether oxygens (including phenoxy) is 1. The number of aliphatic carboxylic acids is 1. The summed E-state index contributed by atoms with van der Waals surface area (Å²) in [6, 6.07) is -0.0509. The van der Waals surface area contributed by atoms with Crippen LogP contribution in [0.3, 0.4) is 0 Å². The molecule has 1 heterocycles. The van der Waals surface area contributed by atoms with Crippen molar-refractivity contribution in [1.82, 2.24) is 9.80 Å². The van der Waals surface area contributed by atoms with Gasteiger partial charge in [0.25, 0.3) is 0 Å². The lowest BCUT2D eigenvalue weighted by Gasteiger charge is -2.30. The highest BCUT2D eigenvalue weighted by Gasteiger charge is 2.36. The molecule has 0 aromatic rings. The Kier molecular flexibility index (Phi) is 4.63. The van der Waals surface area contributed by atoms with Crippen molar-refractivity contribution in [2.45, 2.75) is 44.8 Å². The molecule has 19 heavy (non-hydrogen) atoms. The number of nitrogens with zero attached hydrogens (tertiary/aromatic N) is 2. The number of hydrogen-bond donors (Lipinski definition) is 1. The Hall–Kier alpha value is -1.30. The summed E-state index contributed by atoms with van der Waals surface area (Å²) in [5, 5.41) is 8.91. The average molecular weight is 270 g/mol. The molecule has 0 spiro atoms. The van der Waals surface area contributed by atoms with Crippen molar-refractivity contribution < 1.29 is 19.4 Å². The van der Waals surface area contributed by atoms with Gasteiger partial charge in [-0.15, -0.1) is 0 Å². The standard InChI is InChI=1S/C13H22N2O4/c1-2-14(8-11-4-3-7-19-11)13(18)15(9-12(16)17)10-5-6-10/h10-11H,2-9H2,1H3,(H,16,17). The van der Waals surface area contributed by atoms with E-state index in [-0.39, 0.29) is 24.7 Å². The molecule has 2 fully saturated rings. The Labute approximate surface area is 113 Å². The minimum absolute atomic E-state index is 0.106. The van der Waals surface area contributed by atoms with Crippen LogP contribution in [0.2, 0.25) is 0 Å². The molecule has 1 saturated carbocycles. The van der Waals surface area contributed by atoms with Crippen molar-refractivity contribution in [2.75, 3.05) is 26.2 Å². The van der Waals surface area contributed by atoms with Gasteiger partial charge >= 0.3 is 12.0 Å². The van der Waals surface area contributed by atoms with E-state index >= 15 is 0 Å². The van der Waals surface area contributed by atoms with E-state index in [0.29, 0.717) is 13.1 Å². The molecule has 1 aliphatic heterocycles. The molecule has 1 unspecified atom stereocenters. The zero-order valence-corrected chi connectivity index (χ0v) is 11.4. The Morgan fingerprint density at radius 3 is 2.53 bits per heavy atom. The van der Waals surface area contributed by atoms with Crippen molar-refractivity contribution in [3.05, 3.63) is 0 Å². The molecule has 0 bridgehead atoms. The van der Waals surface area contributed by atoms with E-state index in [1.54, 1.807) is 4.90 Å². The first-order valence-corrected chi connectivity index (χ1v) is 7.00. The summed E-state index contributed by atoms with van der Waals surface area (Å²) in [5.74, 6) is -0.951. The Bertz CT molecular complexity index is 338. The van der Waals surface area contributed by atoms with E-state index in [4.69, 9.17) is 9.84 Å². The van der Waals surface area contributed by atoms with Gasteiger partial charge in [-0.25, -0.2) is 4.79 Å². The zero-order valence-electron chi connectivity index (χ0n) is 11.4. The summed E-state index contributed by atoms with van der Waals surface area (Å²) >= 11 is 0. The SMILES string of the molecule is CCN(CC1CCCO1)C(=O)N(CC(=O)O)C1CC1. The summed E-state index contributed by atoms with van der Waals surface area (Å²) in [6.45, 7) is 3.63. The summed E-state index contributed by atoms with van der Waals surface area (Å²) in [7, 11) is 0. The molecule has 2 amide bonds. The topological polar surface area (TPSA) is 70.1 Å². The van der Waals surface area contributed by atoms with Gasteiger partial charge < -0.3 is 19.6 Å². The number of hydrogen-bond acceptors (Lipinski definition) is 3. The van der Waals surface area contributed by atoms with E-state index in [2.05, 4.69) is 0 Å². The number of rotatable bonds is 6. The molecule has 1 N–H and O–H groups in total. The third-order valence-electron chi connectivity index (χ3n) is 3.64. The first-order chi connectivity index (χ1) is 9.11. The molecular formula is C13H22N2O4. The molecule has 0 aromatic carbocycles. The predicted octanol–water partition coefficient (Wildman–Crippen LogP) is 1.16. The molecule has 1 saturated heterocycles. The van der Waals surface area contributed by atoms with Crippen LogP contribution < -0.4 is 0 Å². The minimum Gasteiger partial charge on any atom is -0.480 e. The van der Waals surface area contributed by atoms with Gasteiger partial charge in [0, 0.05) is 25.7 Å². The number of carbonyl (C=O) groups is 2. The number of carboxylic acids is 1. The maximum absolute atomic E-state index is 12.4. The van der Waals surface area contributed by atoms with E-state index in [0.717, 1.165) is 32.3 Å². The highest BCUT2D eigenvalue weighted by atomic mass is 16.5. The van der Waals surface area contributed by atoms with Crippen LogP contribution in [0.15, 0.2) is 0 Å². The maximum atomic E-state index is 12.4. The van der Waals surface area contributed by atoms with Gasteiger partial charge in [0.15, 0.2) is 0 Å². The molecule has 1 aliphatic carbocycles. The van der Waals surface area contributed by atoms with Gasteiger partial charge in [-0.2, -0.15) is 0 Å². The molecule has 1 atom stereocenters. The van der Waals surface area contributed by atoms with Crippen LogP contribution in [-0.2, 0) is 9.53 Å². The van der Waals surface area contributed by atoms with Crippen LogP contribution in [0, 0.1) is 0 Å². The second kappa shape index (κ2) is 6.23. The van der Waals surface area contributed by atoms with E-state index in [1.165, 1.54) is 4.90 Å². The number of likely N-dealkylation sites (N-methyl/N-ethyl adjacent to an activating group) is 1. The lowest BCUT2D eigenvalue weighted by atomic mass is 10.2. The van der Waals surface area contributed by atoms with Crippen LogP contribution in [0.1, 0.15) is 32.6 Å². The Morgan fingerprint density at radius 2 is 2.05 bits per heavy atom. The predicted molar refractivity (Wildman–Crippen MR) is 69.0 cm³/mol. The van der Waals surface area contributed by atoms with E-state index < -0.39 is 5.97 Å². The van der Waals surface area contributed by atoms with Gasteiger partial charge in [-0.1, -0.05) is 0 Å². The lowest BCUT2D eigenvalue weighted by molar-refractivity contribution is -0.137. The second-order valence-electron chi connectivity index (χ2n) is 5.21. The molecule has 0 radical (unpaired) electrons. The van der Waals surface area contributed by atoms with Crippen LogP contribution in [-0.4, -0.2) is 65.3 Å². The van der Waals surface area contributed by atoms with E-state index in [1.807, 2.05) is 6.92 Å². The average Bonchev–Trinajstić information content (AvgIpc) is 3.09. The second-order valence-corrected chi connectivity index (χ2v) is 5.21. The molecule has 2 rings (SSSR count). The summed E-state index contributed by atoms with van der Waals surface area (Å²) in [5.41, 5.74) is 0. The summed E-state index contributed by atoms with van der Waals surface area (Å²) < 4.78 is 5.54. The molecule has 6 nitrogen and oxygen atoms in total. The van der Waals surface area contributed by atoms with Crippen LogP contribution in [0.4, 0.5) is 4.79 Å². The van der Waals surface area contributed by atoms with Crippen molar-refractivity contribution in [1.29, 1.82) is 0 Å². The van der Waals surface area contributed by atoms with Crippen LogP contribution in [0.5, 0.6) is 0 Å². The van der Waals surface area contributed by atoms with Gasteiger partial charge in [0.1, 0.15) is 6.54 Å². The Balaban J connectivity index is 1.94. The van der Waals surface area contributed by atoms with E-state index in [9.17, 15) is 9.59 Å².